The molecule has 1 atom stereocenters. The standard InChI is InChI=1S/C14H18F3NO2.ClH/c1-19-12-8-10(14(15,16)17)2-3-11(12)13(18)9-4-6-20-7-5-9;/h2-3,8-9,13H,4-7,18H2,1H3;1H/t13-;/m0./s1. The summed E-state index contributed by atoms with van der Waals surface area (Å²) < 4.78 is 48.4. The molecule has 0 unspecified atom stereocenters. The van der Waals surface area contributed by atoms with Crippen molar-refractivity contribution in [2.24, 2.45) is 11.7 Å². The van der Waals surface area contributed by atoms with Crippen LogP contribution in [0.3, 0.4) is 0 Å². The normalized spacial score (nSPS) is 18.0. The molecule has 1 heterocycles. The largest absolute Gasteiger partial charge is 0.496 e. The number of rotatable bonds is 3. The van der Waals surface area contributed by atoms with Crippen LogP contribution in [-0.4, -0.2) is 20.3 Å². The topological polar surface area (TPSA) is 44.5 Å². The predicted octanol–water partition coefficient (Wildman–Crippen LogP) is 3.56. The molecule has 1 aromatic carbocycles. The van der Waals surface area contributed by atoms with Gasteiger partial charge < -0.3 is 15.2 Å². The highest BCUT2D eigenvalue weighted by Gasteiger charge is 2.32. The molecule has 0 aromatic heterocycles. The molecule has 2 rings (SSSR count). The molecule has 0 amide bonds. The molecule has 0 aliphatic carbocycles. The zero-order chi connectivity index (χ0) is 14.8. The van der Waals surface area contributed by atoms with E-state index in [0.29, 0.717) is 18.8 Å². The monoisotopic (exact) mass is 325 g/mol. The summed E-state index contributed by atoms with van der Waals surface area (Å²) in [5, 5.41) is 0. The number of halogens is 4. The van der Waals surface area contributed by atoms with Crippen LogP contribution in [0.15, 0.2) is 18.2 Å². The summed E-state index contributed by atoms with van der Waals surface area (Å²) in [5.41, 5.74) is 6.08. The molecule has 21 heavy (non-hydrogen) atoms. The Balaban J connectivity index is 0.00000220. The van der Waals surface area contributed by atoms with E-state index in [1.807, 2.05) is 0 Å². The molecular formula is C14H19ClF3NO2. The second-order valence-electron chi connectivity index (χ2n) is 4.93. The lowest BCUT2D eigenvalue weighted by Crippen LogP contribution is -2.27. The molecule has 120 valence electrons. The van der Waals surface area contributed by atoms with E-state index in [1.165, 1.54) is 13.2 Å². The fourth-order valence-corrected chi connectivity index (χ4v) is 2.49. The molecule has 2 N–H and O–H groups in total. The highest BCUT2D eigenvalue weighted by molar-refractivity contribution is 5.85. The Morgan fingerprint density at radius 2 is 1.90 bits per heavy atom. The third kappa shape index (κ3) is 4.25. The number of hydrogen-bond acceptors (Lipinski definition) is 3. The van der Waals surface area contributed by atoms with Gasteiger partial charge >= 0.3 is 6.18 Å². The van der Waals surface area contributed by atoms with Crippen LogP contribution in [0.25, 0.3) is 0 Å². The summed E-state index contributed by atoms with van der Waals surface area (Å²) in [5.74, 6) is 0.396. The Morgan fingerprint density at radius 3 is 2.43 bits per heavy atom. The first kappa shape index (κ1) is 18.1. The molecular weight excluding hydrogens is 307 g/mol. The van der Waals surface area contributed by atoms with Crippen LogP contribution in [0, 0.1) is 5.92 Å². The van der Waals surface area contributed by atoms with E-state index in [0.717, 1.165) is 25.0 Å². The summed E-state index contributed by atoms with van der Waals surface area (Å²) >= 11 is 0. The van der Waals surface area contributed by atoms with Gasteiger partial charge in [0.25, 0.3) is 0 Å². The van der Waals surface area contributed by atoms with Crippen molar-refractivity contribution < 1.29 is 22.6 Å². The van der Waals surface area contributed by atoms with Crippen molar-refractivity contribution in [1.29, 1.82) is 0 Å². The van der Waals surface area contributed by atoms with Gasteiger partial charge in [0.05, 0.1) is 12.7 Å². The number of methoxy groups -OCH3 is 1. The van der Waals surface area contributed by atoms with E-state index in [4.69, 9.17) is 15.2 Å². The van der Waals surface area contributed by atoms with Crippen molar-refractivity contribution >= 4 is 12.4 Å². The molecule has 1 fully saturated rings. The molecule has 0 spiro atoms. The fourth-order valence-electron chi connectivity index (χ4n) is 2.49. The number of ether oxygens (including phenoxy) is 2. The minimum atomic E-state index is -4.38. The first-order chi connectivity index (χ1) is 9.43. The van der Waals surface area contributed by atoms with Crippen molar-refractivity contribution in [2.45, 2.75) is 25.1 Å². The van der Waals surface area contributed by atoms with Crippen LogP contribution >= 0.6 is 12.4 Å². The van der Waals surface area contributed by atoms with Crippen LogP contribution in [0.2, 0.25) is 0 Å². The van der Waals surface area contributed by atoms with Crippen molar-refractivity contribution in [3.05, 3.63) is 29.3 Å². The average Bonchev–Trinajstić information content (AvgIpc) is 2.45. The molecule has 1 aliphatic rings. The van der Waals surface area contributed by atoms with Gasteiger partial charge in [-0.05, 0) is 30.9 Å². The van der Waals surface area contributed by atoms with Crippen LogP contribution in [0.5, 0.6) is 5.75 Å². The van der Waals surface area contributed by atoms with Crippen molar-refractivity contribution in [3.8, 4) is 5.75 Å². The maximum absolute atomic E-state index is 12.7. The Bertz CT molecular complexity index is 462. The van der Waals surface area contributed by atoms with Gasteiger partial charge in [-0.25, -0.2) is 0 Å². The van der Waals surface area contributed by atoms with Gasteiger partial charge in [0.15, 0.2) is 0 Å². The molecule has 0 bridgehead atoms. The van der Waals surface area contributed by atoms with Crippen LogP contribution in [0.4, 0.5) is 13.2 Å². The highest BCUT2D eigenvalue weighted by atomic mass is 35.5. The number of benzene rings is 1. The first-order valence-corrected chi connectivity index (χ1v) is 6.52. The van der Waals surface area contributed by atoms with Gasteiger partial charge in [-0.1, -0.05) is 6.07 Å². The minimum Gasteiger partial charge on any atom is -0.496 e. The Labute approximate surface area is 128 Å². The smallest absolute Gasteiger partial charge is 0.416 e. The summed E-state index contributed by atoms with van der Waals surface area (Å²) in [7, 11) is 1.36. The molecule has 0 radical (unpaired) electrons. The third-order valence-corrected chi connectivity index (χ3v) is 3.69. The van der Waals surface area contributed by atoms with Crippen LogP contribution in [-0.2, 0) is 10.9 Å². The average molecular weight is 326 g/mol. The minimum absolute atomic E-state index is 0. The van der Waals surface area contributed by atoms with E-state index >= 15 is 0 Å². The lowest BCUT2D eigenvalue weighted by molar-refractivity contribution is -0.137. The van der Waals surface area contributed by atoms with Gasteiger partial charge in [-0.3, -0.25) is 0 Å². The maximum atomic E-state index is 12.7. The summed E-state index contributed by atoms with van der Waals surface area (Å²) in [6, 6.07) is 3.14. The van der Waals surface area contributed by atoms with Crippen LogP contribution in [0.1, 0.15) is 30.0 Å². The quantitative estimate of drug-likeness (QED) is 0.924. The van der Waals surface area contributed by atoms with E-state index in [-0.39, 0.29) is 30.1 Å². The van der Waals surface area contributed by atoms with Crippen molar-refractivity contribution in [3.63, 3.8) is 0 Å². The number of hydrogen-bond donors (Lipinski definition) is 1. The summed E-state index contributed by atoms with van der Waals surface area (Å²) in [6.07, 6.45) is -2.76. The van der Waals surface area contributed by atoms with Gasteiger partial charge in [-0.2, -0.15) is 13.2 Å². The van der Waals surface area contributed by atoms with Gasteiger partial charge in [0.2, 0.25) is 0 Å². The van der Waals surface area contributed by atoms with Gasteiger partial charge in [0.1, 0.15) is 5.75 Å². The third-order valence-electron chi connectivity index (χ3n) is 3.69. The molecule has 3 nitrogen and oxygen atoms in total. The molecule has 1 aromatic rings. The maximum Gasteiger partial charge on any atom is 0.416 e. The fraction of sp³-hybridized carbons (Fsp3) is 0.571. The summed E-state index contributed by atoms with van der Waals surface area (Å²) in [6.45, 7) is 1.28. The van der Waals surface area contributed by atoms with Gasteiger partial charge in [-0.15, -0.1) is 12.4 Å². The van der Waals surface area contributed by atoms with Gasteiger partial charge in [0, 0.05) is 24.8 Å². The first-order valence-electron chi connectivity index (χ1n) is 6.52. The van der Waals surface area contributed by atoms with Crippen LogP contribution < -0.4 is 10.5 Å². The zero-order valence-electron chi connectivity index (χ0n) is 11.7. The second kappa shape index (κ2) is 7.33. The van der Waals surface area contributed by atoms with Crippen molar-refractivity contribution in [2.75, 3.05) is 20.3 Å². The second-order valence-corrected chi connectivity index (χ2v) is 4.93. The van der Waals surface area contributed by atoms with E-state index in [1.54, 1.807) is 0 Å². The lowest BCUT2D eigenvalue weighted by Gasteiger charge is -2.29. The number of nitrogens with two attached hydrogens (primary N) is 1. The molecule has 1 aliphatic heterocycles. The Kier molecular flexibility index (Phi) is 6.31. The predicted molar refractivity (Wildman–Crippen MR) is 75.7 cm³/mol. The van der Waals surface area contributed by atoms with E-state index in [9.17, 15) is 13.2 Å². The van der Waals surface area contributed by atoms with E-state index in [2.05, 4.69) is 0 Å². The van der Waals surface area contributed by atoms with Crippen molar-refractivity contribution in [1.82, 2.24) is 0 Å². The van der Waals surface area contributed by atoms with E-state index < -0.39 is 11.7 Å². The molecule has 7 heteroatoms. The Hall–Kier alpha value is -0.980. The Morgan fingerprint density at radius 1 is 1.29 bits per heavy atom. The number of alkyl halides is 3. The summed E-state index contributed by atoms with van der Waals surface area (Å²) in [4.78, 5) is 0. The molecule has 1 saturated heterocycles. The highest BCUT2D eigenvalue weighted by Crippen LogP contribution is 2.37. The molecule has 0 saturated carbocycles. The lowest BCUT2D eigenvalue weighted by atomic mass is 9.87. The zero-order valence-corrected chi connectivity index (χ0v) is 12.5. The SMILES string of the molecule is COc1cc(C(F)(F)F)ccc1[C@@H](N)C1CCOCC1.Cl.